The minimum atomic E-state index is -0.194. The highest BCUT2D eigenvalue weighted by atomic mass is 32.1. The summed E-state index contributed by atoms with van der Waals surface area (Å²) in [4.78, 5) is 12.3. The first kappa shape index (κ1) is 16.5. The van der Waals surface area contributed by atoms with Crippen LogP contribution < -0.4 is 16.4 Å². The monoisotopic (exact) mass is 299 g/mol. The number of carbonyl (C=O) groups is 1. The van der Waals surface area contributed by atoms with Gasteiger partial charge in [-0.25, -0.2) is 0 Å². The summed E-state index contributed by atoms with van der Waals surface area (Å²) in [7, 11) is 3.25. The highest BCUT2D eigenvalue weighted by molar-refractivity contribution is 7.18. The number of rotatable bonds is 9. The molecule has 112 valence electrons. The molecule has 0 fully saturated rings. The normalized spacial score (nSPS) is 11.9. The van der Waals surface area contributed by atoms with Gasteiger partial charge >= 0.3 is 0 Å². The molecule has 0 saturated carbocycles. The first-order chi connectivity index (χ1) is 9.62. The van der Waals surface area contributed by atoms with Gasteiger partial charge in [0.1, 0.15) is 4.88 Å². The molecule has 0 aromatic carbocycles. The van der Waals surface area contributed by atoms with Crippen LogP contribution in [0.5, 0.6) is 0 Å². The highest BCUT2D eigenvalue weighted by Gasteiger charge is 2.14. The number of anilines is 2. The van der Waals surface area contributed by atoms with E-state index < -0.39 is 0 Å². The molecule has 1 aromatic heterocycles. The van der Waals surface area contributed by atoms with E-state index in [0.717, 1.165) is 5.00 Å². The van der Waals surface area contributed by atoms with E-state index in [2.05, 4.69) is 17.2 Å². The van der Waals surface area contributed by atoms with Gasteiger partial charge in [-0.3, -0.25) is 4.79 Å². The predicted molar refractivity (Wildman–Crippen MR) is 82.4 cm³/mol. The first-order valence-corrected chi connectivity index (χ1v) is 6.98. The Labute approximate surface area is 122 Å². The van der Waals surface area contributed by atoms with E-state index in [1.54, 1.807) is 26.4 Å². The van der Waals surface area contributed by atoms with E-state index in [1.807, 2.05) is 0 Å². The Morgan fingerprint density at radius 1 is 1.60 bits per heavy atom. The van der Waals surface area contributed by atoms with E-state index in [1.165, 1.54) is 11.3 Å². The number of nitrogen functional groups attached to an aromatic ring is 1. The largest absolute Gasteiger partial charge is 0.397 e. The molecule has 1 heterocycles. The summed E-state index contributed by atoms with van der Waals surface area (Å²) in [5, 5.41) is 6.71. The van der Waals surface area contributed by atoms with Crippen molar-refractivity contribution in [1.82, 2.24) is 5.32 Å². The molecule has 0 aliphatic carbocycles. The Bertz CT molecular complexity index is 448. The second kappa shape index (κ2) is 8.57. The average molecular weight is 299 g/mol. The second-order valence-electron chi connectivity index (χ2n) is 4.09. The molecule has 1 unspecified atom stereocenters. The van der Waals surface area contributed by atoms with E-state index in [9.17, 15) is 4.79 Å². The molecule has 7 heteroatoms. The Kier molecular flexibility index (Phi) is 7.06. The maximum atomic E-state index is 11.8. The quantitative estimate of drug-likeness (QED) is 0.599. The summed E-state index contributed by atoms with van der Waals surface area (Å²) in [5.41, 5.74) is 6.30. The number of carbonyl (C=O) groups excluding carboxylic acids is 1. The van der Waals surface area contributed by atoms with Gasteiger partial charge < -0.3 is 25.8 Å². The SMILES string of the molecule is C=CCNC(=O)c1sc(NCC(COC)OC)cc1N. The van der Waals surface area contributed by atoms with Gasteiger partial charge in [0.2, 0.25) is 0 Å². The molecule has 1 aromatic rings. The van der Waals surface area contributed by atoms with Crippen LogP contribution in [0.2, 0.25) is 0 Å². The lowest BCUT2D eigenvalue weighted by Crippen LogP contribution is -2.26. The van der Waals surface area contributed by atoms with Crippen molar-refractivity contribution < 1.29 is 14.3 Å². The van der Waals surface area contributed by atoms with Crippen LogP contribution in [0, 0.1) is 0 Å². The number of methoxy groups -OCH3 is 2. The van der Waals surface area contributed by atoms with E-state index in [0.29, 0.717) is 30.3 Å². The van der Waals surface area contributed by atoms with Crippen LogP contribution in [-0.4, -0.2) is 45.9 Å². The zero-order valence-corrected chi connectivity index (χ0v) is 12.6. The van der Waals surface area contributed by atoms with Gasteiger partial charge in [0.05, 0.1) is 23.4 Å². The van der Waals surface area contributed by atoms with Crippen molar-refractivity contribution in [3.8, 4) is 0 Å². The zero-order chi connectivity index (χ0) is 15.0. The van der Waals surface area contributed by atoms with Crippen LogP contribution in [0.1, 0.15) is 9.67 Å². The molecular weight excluding hydrogens is 278 g/mol. The minimum absolute atomic E-state index is 0.0543. The standard InChI is InChI=1S/C13H21N3O3S/c1-4-5-15-13(17)12-10(14)6-11(20-12)16-7-9(19-3)8-18-2/h4,6,9,16H,1,5,7-8,14H2,2-3H3,(H,15,17). The lowest BCUT2D eigenvalue weighted by Gasteiger charge is -2.14. The number of ether oxygens (including phenoxy) is 2. The van der Waals surface area contributed by atoms with Gasteiger partial charge in [0, 0.05) is 27.3 Å². The number of nitrogens with one attached hydrogen (secondary N) is 2. The fourth-order valence-corrected chi connectivity index (χ4v) is 2.43. The molecule has 0 aliphatic rings. The fraction of sp³-hybridized carbons (Fsp3) is 0.462. The molecule has 20 heavy (non-hydrogen) atoms. The van der Waals surface area contributed by atoms with E-state index >= 15 is 0 Å². The van der Waals surface area contributed by atoms with Crippen LogP contribution in [0.15, 0.2) is 18.7 Å². The van der Waals surface area contributed by atoms with Gasteiger partial charge in [-0.2, -0.15) is 0 Å². The molecule has 4 N–H and O–H groups in total. The summed E-state index contributed by atoms with van der Waals surface area (Å²) in [6, 6.07) is 1.74. The summed E-state index contributed by atoms with van der Waals surface area (Å²) in [6.07, 6.45) is 1.57. The first-order valence-electron chi connectivity index (χ1n) is 6.16. The Balaban J connectivity index is 2.60. The van der Waals surface area contributed by atoms with Gasteiger partial charge in [-0.05, 0) is 6.07 Å². The van der Waals surface area contributed by atoms with Crippen molar-refractivity contribution in [2.75, 3.05) is 45.0 Å². The van der Waals surface area contributed by atoms with Crippen molar-refractivity contribution in [2.24, 2.45) is 0 Å². The van der Waals surface area contributed by atoms with Crippen LogP contribution in [0.3, 0.4) is 0 Å². The van der Waals surface area contributed by atoms with Crippen LogP contribution in [0.4, 0.5) is 10.7 Å². The molecule has 0 bridgehead atoms. The Morgan fingerprint density at radius 2 is 2.35 bits per heavy atom. The summed E-state index contributed by atoms with van der Waals surface area (Å²) < 4.78 is 10.3. The third kappa shape index (κ3) is 4.84. The number of thiophene rings is 1. The molecule has 1 rings (SSSR count). The van der Waals surface area contributed by atoms with Crippen LogP contribution >= 0.6 is 11.3 Å². The number of hydrogen-bond donors (Lipinski definition) is 3. The molecule has 0 saturated heterocycles. The molecule has 0 radical (unpaired) electrons. The number of hydrogen-bond acceptors (Lipinski definition) is 6. The fourth-order valence-electron chi connectivity index (χ4n) is 1.53. The zero-order valence-electron chi connectivity index (χ0n) is 11.8. The Hall–Kier alpha value is -1.57. The van der Waals surface area contributed by atoms with Crippen LogP contribution in [0.25, 0.3) is 0 Å². The maximum Gasteiger partial charge on any atom is 0.263 e. The van der Waals surface area contributed by atoms with Crippen molar-refractivity contribution in [3.05, 3.63) is 23.6 Å². The molecule has 1 atom stereocenters. The molecular formula is C13H21N3O3S. The van der Waals surface area contributed by atoms with Gasteiger partial charge in [-0.15, -0.1) is 17.9 Å². The van der Waals surface area contributed by atoms with Gasteiger partial charge in [0.15, 0.2) is 0 Å². The third-order valence-corrected chi connectivity index (χ3v) is 3.67. The average Bonchev–Trinajstić information content (AvgIpc) is 2.82. The van der Waals surface area contributed by atoms with E-state index in [-0.39, 0.29) is 12.0 Å². The van der Waals surface area contributed by atoms with E-state index in [4.69, 9.17) is 15.2 Å². The number of nitrogens with two attached hydrogens (primary N) is 1. The summed E-state index contributed by atoms with van der Waals surface area (Å²) in [6.45, 7) is 5.04. The molecule has 0 aliphatic heterocycles. The Morgan fingerprint density at radius 3 is 2.95 bits per heavy atom. The number of amides is 1. The summed E-state index contributed by atoms with van der Waals surface area (Å²) >= 11 is 1.31. The second-order valence-corrected chi connectivity index (χ2v) is 5.14. The third-order valence-electron chi connectivity index (χ3n) is 2.56. The topological polar surface area (TPSA) is 85.6 Å². The maximum absolute atomic E-state index is 11.8. The minimum Gasteiger partial charge on any atom is -0.397 e. The van der Waals surface area contributed by atoms with Gasteiger partial charge in [0.25, 0.3) is 5.91 Å². The lowest BCUT2D eigenvalue weighted by atomic mass is 10.3. The van der Waals surface area contributed by atoms with Crippen molar-refractivity contribution in [3.63, 3.8) is 0 Å². The predicted octanol–water partition coefficient (Wildman–Crippen LogP) is 1.32. The van der Waals surface area contributed by atoms with Crippen molar-refractivity contribution in [2.45, 2.75) is 6.10 Å². The van der Waals surface area contributed by atoms with Crippen LogP contribution in [-0.2, 0) is 9.47 Å². The smallest absolute Gasteiger partial charge is 0.263 e. The highest BCUT2D eigenvalue weighted by Crippen LogP contribution is 2.29. The lowest BCUT2D eigenvalue weighted by molar-refractivity contribution is 0.0366. The molecule has 0 spiro atoms. The van der Waals surface area contributed by atoms with Gasteiger partial charge in [-0.1, -0.05) is 6.08 Å². The van der Waals surface area contributed by atoms with Crippen molar-refractivity contribution >= 4 is 27.9 Å². The van der Waals surface area contributed by atoms with Crippen molar-refractivity contribution in [1.29, 1.82) is 0 Å². The summed E-state index contributed by atoms with van der Waals surface area (Å²) in [5.74, 6) is -0.194. The molecule has 6 nitrogen and oxygen atoms in total. The molecule has 1 amide bonds.